The van der Waals surface area contributed by atoms with Gasteiger partial charge in [-0.05, 0) is 80.4 Å². The van der Waals surface area contributed by atoms with Crippen molar-refractivity contribution in [2.45, 2.75) is 105 Å². The second-order valence-corrected chi connectivity index (χ2v) is 12.6. The van der Waals surface area contributed by atoms with Crippen molar-refractivity contribution in [1.82, 2.24) is 15.5 Å². The van der Waals surface area contributed by atoms with Crippen LogP contribution in [0.25, 0.3) is 0 Å². The highest BCUT2D eigenvalue weighted by Gasteiger charge is 2.36. The standard InChI is InChI=1S/C33H47N3O6/c1-11-36(29(38)23(4)34-31(40)42-33(8,9)10)27(25-18-21(2)17-22(3)19-25)28(37)35-26(30(39)41-32(5,6)7)20-24-15-13-12-14-16-24/h12-19,23,26-27H,11,20H2,1-10H3,(H,34,40)(H,35,37). The molecule has 230 valence electrons. The zero-order valence-electron chi connectivity index (χ0n) is 26.7. The first-order chi connectivity index (χ1) is 19.4. The van der Waals surface area contributed by atoms with E-state index in [0.29, 0.717) is 5.56 Å². The first-order valence-corrected chi connectivity index (χ1v) is 14.4. The van der Waals surface area contributed by atoms with Crippen molar-refractivity contribution in [1.29, 1.82) is 0 Å². The van der Waals surface area contributed by atoms with Crippen LogP contribution in [-0.2, 0) is 30.3 Å². The molecule has 42 heavy (non-hydrogen) atoms. The molecule has 0 aliphatic rings. The maximum atomic E-state index is 14.1. The average molecular weight is 582 g/mol. The fourth-order valence-corrected chi connectivity index (χ4v) is 4.57. The third-order valence-electron chi connectivity index (χ3n) is 6.14. The molecule has 0 aliphatic heterocycles. The van der Waals surface area contributed by atoms with Crippen LogP contribution in [-0.4, -0.2) is 58.6 Å². The number of nitrogens with zero attached hydrogens (tertiary/aromatic N) is 1. The molecule has 0 bridgehead atoms. The number of rotatable bonds is 10. The Bertz CT molecular complexity index is 1230. The Kier molecular flexibility index (Phi) is 11.7. The maximum absolute atomic E-state index is 14.1. The first-order valence-electron chi connectivity index (χ1n) is 14.4. The van der Waals surface area contributed by atoms with E-state index in [1.807, 2.05) is 62.4 Å². The van der Waals surface area contributed by atoms with Crippen LogP contribution in [0.2, 0.25) is 0 Å². The zero-order chi connectivity index (χ0) is 31.8. The Labute approximate surface area is 250 Å². The zero-order valence-corrected chi connectivity index (χ0v) is 26.7. The smallest absolute Gasteiger partial charge is 0.408 e. The summed E-state index contributed by atoms with van der Waals surface area (Å²) in [5.41, 5.74) is 1.76. The molecule has 3 atom stereocenters. The van der Waals surface area contributed by atoms with Gasteiger partial charge in [-0.1, -0.05) is 59.7 Å². The number of benzene rings is 2. The van der Waals surface area contributed by atoms with Crippen LogP contribution >= 0.6 is 0 Å². The lowest BCUT2D eigenvalue weighted by Crippen LogP contribution is -2.54. The van der Waals surface area contributed by atoms with Crippen molar-refractivity contribution in [2.24, 2.45) is 0 Å². The van der Waals surface area contributed by atoms with E-state index >= 15 is 0 Å². The number of carbonyl (C=O) groups is 4. The Morgan fingerprint density at radius 3 is 1.88 bits per heavy atom. The molecule has 0 heterocycles. The van der Waals surface area contributed by atoms with Gasteiger partial charge >= 0.3 is 12.1 Å². The molecule has 2 aromatic carbocycles. The van der Waals surface area contributed by atoms with Crippen LogP contribution in [0.5, 0.6) is 0 Å². The number of aryl methyl sites for hydroxylation is 2. The molecule has 0 aliphatic carbocycles. The summed E-state index contributed by atoms with van der Waals surface area (Å²) in [4.78, 5) is 55.0. The van der Waals surface area contributed by atoms with Crippen molar-refractivity contribution in [3.8, 4) is 0 Å². The van der Waals surface area contributed by atoms with E-state index in [2.05, 4.69) is 10.6 Å². The number of nitrogens with one attached hydrogen (secondary N) is 2. The molecular weight excluding hydrogens is 534 g/mol. The molecule has 0 radical (unpaired) electrons. The first kappa shape index (κ1) is 34.3. The van der Waals surface area contributed by atoms with Gasteiger partial charge in [0.2, 0.25) is 11.8 Å². The molecule has 9 heteroatoms. The molecule has 2 aromatic rings. The highest BCUT2D eigenvalue weighted by molar-refractivity contribution is 5.94. The molecule has 0 aromatic heterocycles. The summed E-state index contributed by atoms with van der Waals surface area (Å²) in [5.74, 6) is -1.58. The van der Waals surface area contributed by atoms with E-state index in [4.69, 9.17) is 9.47 Å². The predicted molar refractivity (Wildman–Crippen MR) is 163 cm³/mol. The van der Waals surface area contributed by atoms with Crippen molar-refractivity contribution in [3.05, 3.63) is 70.8 Å². The Balaban J connectivity index is 2.48. The summed E-state index contributed by atoms with van der Waals surface area (Å²) in [6.07, 6.45) is -0.530. The average Bonchev–Trinajstić information content (AvgIpc) is 2.84. The number of carbonyl (C=O) groups excluding carboxylic acids is 4. The highest BCUT2D eigenvalue weighted by atomic mass is 16.6. The molecule has 0 saturated heterocycles. The Hall–Kier alpha value is -3.88. The van der Waals surface area contributed by atoms with Crippen molar-refractivity contribution >= 4 is 23.9 Å². The molecule has 2 N–H and O–H groups in total. The number of likely N-dealkylation sites (N-methyl/N-ethyl adjacent to an activating group) is 1. The van der Waals surface area contributed by atoms with E-state index < -0.39 is 53.2 Å². The second-order valence-electron chi connectivity index (χ2n) is 12.6. The molecule has 0 fully saturated rings. The molecule has 3 amide bonds. The normalized spacial score (nSPS) is 13.8. The lowest BCUT2D eigenvalue weighted by Gasteiger charge is -2.34. The monoisotopic (exact) mass is 581 g/mol. The van der Waals surface area contributed by atoms with Crippen LogP contribution < -0.4 is 10.6 Å². The van der Waals surface area contributed by atoms with Gasteiger partial charge in [-0.2, -0.15) is 0 Å². The van der Waals surface area contributed by atoms with Crippen LogP contribution in [0.1, 0.15) is 83.7 Å². The molecule has 0 spiro atoms. The van der Waals surface area contributed by atoms with Gasteiger partial charge in [-0.15, -0.1) is 0 Å². The van der Waals surface area contributed by atoms with Gasteiger partial charge in [0.25, 0.3) is 0 Å². The SMILES string of the molecule is CCN(C(=O)C(C)NC(=O)OC(C)(C)C)C(C(=O)NC(Cc1ccccc1)C(=O)OC(C)(C)C)c1cc(C)cc(C)c1. The summed E-state index contributed by atoms with van der Waals surface area (Å²) in [6, 6.07) is 11.9. The summed E-state index contributed by atoms with van der Waals surface area (Å²) in [7, 11) is 0. The van der Waals surface area contributed by atoms with Crippen molar-refractivity contribution in [2.75, 3.05) is 6.54 Å². The van der Waals surface area contributed by atoms with Crippen LogP contribution in [0.3, 0.4) is 0 Å². The fraction of sp³-hybridized carbons (Fsp3) is 0.515. The van der Waals surface area contributed by atoms with Crippen LogP contribution in [0.4, 0.5) is 4.79 Å². The van der Waals surface area contributed by atoms with Gasteiger partial charge in [0, 0.05) is 13.0 Å². The Morgan fingerprint density at radius 2 is 1.38 bits per heavy atom. The summed E-state index contributed by atoms with van der Waals surface area (Å²) in [5, 5.41) is 5.46. The number of hydrogen-bond donors (Lipinski definition) is 2. The van der Waals surface area contributed by atoms with Crippen LogP contribution in [0.15, 0.2) is 48.5 Å². The van der Waals surface area contributed by atoms with Gasteiger partial charge in [0.05, 0.1) is 0 Å². The number of hydrogen-bond acceptors (Lipinski definition) is 6. The highest BCUT2D eigenvalue weighted by Crippen LogP contribution is 2.25. The molecule has 9 nitrogen and oxygen atoms in total. The van der Waals surface area contributed by atoms with Crippen molar-refractivity contribution in [3.63, 3.8) is 0 Å². The number of esters is 1. The van der Waals surface area contributed by atoms with Gasteiger partial charge in [-0.25, -0.2) is 9.59 Å². The minimum atomic E-state index is -1.08. The molecule has 3 unspecified atom stereocenters. The Morgan fingerprint density at radius 1 is 0.833 bits per heavy atom. The van der Waals surface area contributed by atoms with Crippen LogP contribution in [0, 0.1) is 13.8 Å². The van der Waals surface area contributed by atoms with E-state index in [-0.39, 0.29) is 13.0 Å². The van der Waals surface area contributed by atoms with Gasteiger partial charge < -0.3 is 25.0 Å². The van der Waals surface area contributed by atoms with Crippen molar-refractivity contribution < 1.29 is 28.7 Å². The van der Waals surface area contributed by atoms with E-state index in [9.17, 15) is 19.2 Å². The predicted octanol–water partition coefficient (Wildman–Crippen LogP) is 5.18. The second kappa shape index (κ2) is 14.3. The number of amides is 3. The maximum Gasteiger partial charge on any atom is 0.408 e. The van der Waals surface area contributed by atoms with Gasteiger partial charge in [-0.3, -0.25) is 9.59 Å². The fourth-order valence-electron chi connectivity index (χ4n) is 4.57. The molecule has 2 rings (SSSR count). The minimum absolute atomic E-state index is 0.167. The lowest BCUT2D eigenvalue weighted by molar-refractivity contribution is -0.159. The summed E-state index contributed by atoms with van der Waals surface area (Å²) in [6.45, 7) is 17.8. The summed E-state index contributed by atoms with van der Waals surface area (Å²) < 4.78 is 11.0. The lowest BCUT2D eigenvalue weighted by atomic mass is 9.97. The summed E-state index contributed by atoms with van der Waals surface area (Å²) >= 11 is 0. The third-order valence-corrected chi connectivity index (χ3v) is 6.14. The minimum Gasteiger partial charge on any atom is -0.458 e. The largest absolute Gasteiger partial charge is 0.458 e. The molecular formula is C33H47N3O6. The quantitative estimate of drug-likeness (QED) is 0.374. The molecule has 0 saturated carbocycles. The van der Waals surface area contributed by atoms with E-state index in [0.717, 1.165) is 16.7 Å². The number of alkyl carbamates (subject to hydrolysis) is 1. The van der Waals surface area contributed by atoms with E-state index in [1.54, 1.807) is 55.4 Å². The van der Waals surface area contributed by atoms with E-state index in [1.165, 1.54) is 4.90 Å². The van der Waals surface area contributed by atoms with Gasteiger partial charge in [0.1, 0.15) is 29.3 Å². The third kappa shape index (κ3) is 10.8. The number of ether oxygens (including phenoxy) is 2. The topological polar surface area (TPSA) is 114 Å². The van der Waals surface area contributed by atoms with Gasteiger partial charge in [0.15, 0.2) is 0 Å².